The Labute approximate surface area is 246 Å². The number of rotatable bonds is 7. The second-order valence-corrected chi connectivity index (χ2v) is 14.2. The quantitative estimate of drug-likeness (QED) is 0.307. The van der Waals surface area contributed by atoms with E-state index in [0.29, 0.717) is 22.6 Å². The van der Waals surface area contributed by atoms with E-state index in [0.717, 1.165) is 41.7 Å². The van der Waals surface area contributed by atoms with Crippen molar-refractivity contribution >= 4 is 27.3 Å². The fourth-order valence-electron chi connectivity index (χ4n) is 5.29. The highest BCUT2D eigenvalue weighted by Gasteiger charge is 2.33. The molecule has 2 aromatic carbocycles. The number of aryl methyl sites for hydroxylation is 2. The van der Waals surface area contributed by atoms with Crippen LogP contribution < -0.4 is 14.8 Å². The second kappa shape index (κ2) is 10.3. The summed E-state index contributed by atoms with van der Waals surface area (Å²) in [6, 6.07) is 8.86. The monoisotopic (exact) mass is 591 g/mol. The van der Waals surface area contributed by atoms with Crippen molar-refractivity contribution in [2.45, 2.75) is 65.3 Å². The van der Waals surface area contributed by atoms with Crippen LogP contribution in [-0.2, 0) is 27.4 Å². The van der Waals surface area contributed by atoms with Crippen molar-refractivity contribution in [1.29, 1.82) is 0 Å². The predicted molar refractivity (Wildman–Crippen MR) is 163 cm³/mol. The number of aromatic nitrogens is 5. The third-order valence-electron chi connectivity index (χ3n) is 7.58. The van der Waals surface area contributed by atoms with Gasteiger partial charge in [0.15, 0.2) is 5.75 Å². The molecule has 222 valence electrons. The molecule has 0 radical (unpaired) electrons. The minimum Gasteiger partial charge on any atom is -0.492 e. The Morgan fingerprint density at radius 2 is 1.83 bits per heavy atom. The number of carbonyl (C=O) groups is 1. The smallest absolute Gasteiger partial charge is 0.255 e. The van der Waals surface area contributed by atoms with E-state index < -0.39 is 10.0 Å². The van der Waals surface area contributed by atoms with E-state index in [4.69, 9.17) is 4.74 Å². The Morgan fingerprint density at radius 3 is 2.50 bits per heavy atom. The molecule has 12 heteroatoms. The highest BCUT2D eigenvalue weighted by atomic mass is 32.2. The van der Waals surface area contributed by atoms with Gasteiger partial charge in [-0.05, 0) is 68.0 Å². The van der Waals surface area contributed by atoms with Crippen molar-refractivity contribution in [3.63, 3.8) is 0 Å². The van der Waals surface area contributed by atoms with Crippen LogP contribution in [0.1, 0.15) is 68.3 Å². The fraction of sp³-hybridized carbons (Fsp3) is 0.400. The van der Waals surface area contributed by atoms with E-state index in [1.807, 2.05) is 46.2 Å². The van der Waals surface area contributed by atoms with Gasteiger partial charge >= 0.3 is 0 Å². The Morgan fingerprint density at radius 1 is 1.12 bits per heavy atom. The second-order valence-electron chi connectivity index (χ2n) is 12.4. The molecule has 1 amide bonds. The maximum Gasteiger partial charge on any atom is 0.255 e. The largest absolute Gasteiger partial charge is 0.492 e. The maximum absolute atomic E-state index is 13.6. The average molecular weight is 592 g/mol. The number of hydrogen-bond acceptors (Lipinski definition) is 7. The number of carbonyl (C=O) groups excluding carboxylic acids is 1. The molecule has 11 nitrogen and oxygen atoms in total. The number of nitrogens with one attached hydrogen (secondary N) is 2. The summed E-state index contributed by atoms with van der Waals surface area (Å²) in [5.74, 6) is 0.869. The van der Waals surface area contributed by atoms with Crippen molar-refractivity contribution in [2.24, 2.45) is 0 Å². The standard InChI is InChI=1S/C30H37N7O4S/c1-18-9-10-19(13-24(18)36-17-23(33-35-36)25-16-31-26-11-12-30(5,6)37(25)26)28(38)32-21-14-20(29(2,3)4)15-22(27(21)41-7)34-42(8,39)40/h9-10,13-17,34H,11-12H2,1-8H3,(H,32,38). The third-order valence-corrected chi connectivity index (χ3v) is 8.17. The number of sulfonamides is 1. The Bertz CT molecular complexity index is 1800. The van der Waals surface area contributed by atoms with Crippen LogP contribution in [0.15, 0.2) is 42.7 Å². The molecule has 0 spiro atoms. The normalized spacial score (nSPS) is 14.5. The molecule has 5 rings (SSSR count). The summed E-state index contributed by atoms with van der Waals surface area (Å²) < 4.78 is 36.1. The lowest BCUT2D eigenvalue weighted by molar-refractivity contribution is 0.102. The SMILES string of the molecule is COc1c(NC(=O)c2ccc(C)c(-n3cc(-c4cnc5n4C(C)(C)CC5)nn3)c2)cc(C(C)(C)C)cc1NS(C)(=O)=O. The van der Waals surface area contributed by atoms with Gasteiger partial charge in [0.05, 0.1) is 48.5 Å². The van der Waals surface area contributed by atoms with Gasteiger partial charge in [-0.1, -0.05) is 32.1 Å². The molecule has 2 aromatic heterocycles. The van der Waals surface area contributed by atoms with Crippen LogP contribution in [0.4, 0.5) is 11.4 Å². The molecule has 1 aliphatic rings. The summed E-state index contributed by atoms with van der Waals surface area (Å²) in [7, 11) is -2.17. The first-order valence-corrected chi connectivity index (χ1v) is 15.6. The van der Waals surface area contributed by atoms with Crippen molar-refractivity contribution in [3.05, 3.63) is 65.2 Å². The van der Waals surface area contributed by atoms with Crippen molar-refractivity contribution in [3.8, 4) is 22.8 Å². The van der Waals surface area contributed by atoms with Crippen LogP contribution in [0.3, 0.4) is 0 Å². The van der Waals surface area contributed by atoms with E-state index in [9.17, 15) is 13.2 Å². The van der Waals surface area contributed by atoms with Crippen molar-refractivity contribution < 1.29 is 17.9 Å². The number of ether oxygens (including phenoxy) is 1. The number of nitrogens with zero attached hydrogens (tertiary/aromatic N) is 5. The number of methoxy groups -OCH3 is 1. The first-order chi connectivity index (χ1) is 19.6. The zero-order valence-corrected chi connectivity index (χ0v) is 26.0. The summed E-state index contributed by atoms with van der Waals surface area (Å²) in [5.41, 5.74) is 4.65. The van der Waals surface area contributed by atoms with Crippen molar-refractivity contribution in [1.82, 2.24) is 24.5 Å². The summed E-state index contributed by atoms with van der Waals surface area (Å²) in [4.78, 5) is 18.2. The number of amides is 1. The van der Waals surface area contributed by atoms with Gasteiger partial charge in [0, 0.05) is 17.5 Å². The Hall–Kier alpha value is -4.19. The first-order valence-electron chi connectivity index (χ1n) is 13.7. The van der Waals surface area contributed by atoms with E-state index in [2.05, 4.69) is 43.7 Å². The highest BCUT2D eigenvalue weighted by Crippen LogP contribution is 2.40. The Kier molecular flexibility index (Phi) is 7.16. The van der Waals surface area contributed by atoms with E-state index in [-0.39, 0.29) is 28.3 Å². The van der Waals surface area contributed by atoms with Gasteiger partial charge in [-0.3, -0.25) is 9.52 Å². The fourth-order valence-corrected chi connectivity index (χ4v) is 5.84. The molecule has 4 aromatic rings. The molecule has 0 fully saturated rings. The van der Waals surface area contributed by atoms with Crippen LogP contribution >= 0.6 is 0 Å². The molecule has 0 unspecified atom stereocenters. The molecule has 0 saturated heterocycles. The minimum absolute atomic E-state index is 0.0546. The van der Waals surface area contributed by atoms with E-state index in [1.54, 1.807) is 28.9 Å². The molecule has 42 heavy (non-hydrogen) atoms. The zero-order valence-electron chi connectivity index (χ0n) is 25.2. The van der Waals surface area contributed by atoms with Crippen LogP contribution in [-0.4, -0.2) is 52.2 Å². The summed E-state index contributed by atoms with van der Waals surface area (Å²) in [5, 5.41) is 11.7. The van der Waals surface area contributed by atoms with Crippen molar-refractivity contribution in [2.75, 3.05) is 23.4 Å². The molecule has 2 N–H and O–H groups in total. The molecule has 1 aliphatic heterocycles. The highest BCUT2D eigenvalue weighted by molar-refractivity contribution is 7.92. The molecule has 0 aliphatic carbocycles. The van der Waals surface area contributed by atoms with Gasteiger partial charge in [0.25, 0.3) is 5.91 Å². The van der Waals surface area contributed by atoms with Crippen LogP contribution in [0.2, 0.25) is 0 Å². The van der Waals surface area contributed by atoms with Crippen LogP contribution in [0, 0.1) is 6.92 Å². The molecule has 3 heterocycles. The minimum atomic E-state index is -3.60. The molecule has 0 saturated carbocycles. The summed E-state index contributed by atoms with van der Waals surface area (Å²) in [6.45, 7) is 12.3. The van der Waals surface area contributed by atoms with Gasteiger partial charge in [-0.2, -0.15) is 0 Å². The van der Waals surface area contributed by atoms with Crippen LogP contribution in [0.25, 0.3) is 17.1 Å². The molecule has 0 bridgehead atoms. The third kappa shape index (κ3) is 5.63. The number of hydrogen-bond donors (Lipinski definition) is 2. The number of imidazole rings is 1. The first kappa shape index (κ1) is 29.3. The number of anilines is 2. The summed E-state index contributed by atoms with van der Waals surface area (Å²) in [6.07, 6.45) is 6.70. The van der Waals surface area contributed by atoms with Gasteiger partial charge in [-0.15, -0.1) is 5.10 Å². The predicted octanol–water partition coefficient (Wildman–Crippen LogP) is 5.05. The molecular weight excluding hydrogens is 554 g/mol. The van der Waals surface area contributed by atoms with Crippen LogP contribution in [0.5, 0.6) is 5.75 Å². The van der Waals surface area contributed by atoms with Gasteiger partial charge in [0.2, 0.25) is 10.0 Å². The van der Waals surface area contributed by atoms with Gasteiger partial charge in [0.1, 0.15) is 11.5 Å². The number of fused-ring (bicyclic) bond motifs is 1. The summed E-state index contributed by atoms with van der Waals surface area (Å²) >= 11 is 0. The lowest BCUT2D eigenvalue weighted by Gasteiger charge is -2.24. The molecular formula is C30H37N7O4S. The lowest BCUT2D eigenvalue weighted by Crippen LogP contribution is -2.22. The van der Waals surface area contributed by atoms with Gasteiger partial charge in [-0.25, -0.2) is 18.1 Å². The molecule has 0 atom stereocenters. The van der Waals surface area contributed by atoms with E-state index in [1.165, 1.54) is 7.11 Å². The number of benzene rings is 2. The van der Waals surface area contributed by atoms with Gasteiger partial charge < -0.3 is 14.6 Å². The average Bonchev–Trinajstić information content (AvgIpc) is 3.60. The maximum atomic E-state index is 13.6. The van der Waals surface area contributed by atoms with E-state index >= 15 is 0 Å². The lowest BCUT2D eigenvalue weighted by atomic mass is 9.86. The zero-order chi connectivity index (χ0) is 30.6. The Balaban J connectivity index is 1.49. The topological polar surface area (TPSA) is 133 Å².